The van der Waals surface area contributed by atoms with Gasteiger partial charge in [-0.1, -0.05) is 22.9 Å². The van der Waals surface area contributed by atoms with Crippen LogP contribution in [0.2, 0.25) is 0 Å². The van der Waals surface area contributed by atoms with Gasteiger partial charge >= 0.3 is 0 Å². The number of hydrogen-bond donors (Lipinski definition) is 0. The first-order valence-electron chi connectivity index (χ1n) is 5.18. The van der Waals surface area contributed by atoms with Crippen molar-refractivity contribution in [1.29, 1.82) is 0 Å². The van der Waals surface area contributed by atoms with Gasteiger partial charge in [-0.3, -0.25) is 0 Å². The molecule has 1 unspecified atom stereocenters. The van der Waals surface area contributed by atoms with E-state index in [0.29, 0.717) is 0 Å². The van der Waals surface area contributed by atoms with Crippen molar-refractivity contribution >= 4 is 15.9 Å². The third-order valence-corrected chi connectivity index (χ3v) is 2.67. The van der Waals surface area contributed by atoms with Crippen LogP contribution >= 0.6 is 15.9 Å². The highest BCUT2D eigenvalue weighted by Gasteiger charge is 2.08. The topological polar surface area (TPSA) is 12.5 Å². The summed E-state index contributed by atoms with van der Waals surface area (Å²) in [4.78, 5) is 2.15. The summed E-state index contributed by atoms with van der Waals surface area (Å²) in [7, 11) is 4.13. The Bertz CT molecular complexity index is 284. The zero-order valence-electron chi connectivity index (χ0n) is 9.53. The van der Waals surface area contributed by atoms with Gasteiger partial charge in [0.05, 0.1) is 0 Å². The predicted molar refractivity (Wildman–Crippen MR) is 67.4 cm³/mol. The molecule has 15 heavy (non-hydrogen) atoms. The van der Waals surface area contributed by atoms with Crippen LogP contribution in [0.1, 0.15) is 13.3 Å². The van der Waals surface area contributed by atoms with Gasteiger partial charge in [-0.15, -0.1) is 0 Å². The summed E-state index contributed by atoms with van der Waals surface area (Å²) in [6.45, 7) is 3.10. The fourth-order valence-corrected chi connectivity index (χ4v) is 1.63. The molecule has 0 saturated carbocycles. The van der Waals surface area contributed by atoms with E-state index in [-0.39, 0.29) is 6.10 Å². The van der Waals surface area contributed by atoms with E-state index in [0.717, 1.165) is 23.2 Å². The maximum Gasteiger partial charge on any atom is 0.119 e. The molecule has 0 heterocycles. The van der Waals surface area contributed by atoms with Crippen molar-refractivity contribution < 1.29 is 4.74 Å². The summed E-state index contributed by atoms with van der Waals surface area (Å²) in [5.41, 5.74) is 0. The Morgan fingerprint density at radius 2 is 1.87 bits per heavy atom. The zero-order chi connectivity index (χ0) is 11.3. The highest BCUT2D eigenvalue weighted by molar-refractivity contribution is 9.10. The molecular weight excluding hydrogens is 254 g/mol. The van der Waals surface area contributed by atoms with Crippen molar-refractivity contribution in [2.24, 2.45) is 0 Å². The molecule has 0 bridgehead atoms. The van der Waals surface area contributed by atoms with Crippen LogP contribution in [0.25, 0.3) is 0 Å². The lowest BCUT2D eigenvalue weighted by molar-refractivity contribution is 0.156. The van der Waals surface area contributed by atoms with Crippen LogP contribution in [-0.2, 0) is 0 Å². The Hall–Kier alpha value is -0.540. The molecule has 0 radical (unpaired) electrons. The Labute approximate surface area is 100 Å². The molecule has 0 saturated heterocycles. The van der Waals surface area contributed by atoms with Gasteiger partial charge in [0.2, 0.25) is 0 Å². The van der Waals surface area contributed by atoms with E-state index in [1.54, 1.807) is 0 Å². The number of ether oxygens (including phenoxy) is 1. The molecule has 3 heteroatoms. The van der Waals surface area contributed by atoms with E-state index >= 15 is 0 Å². The monoisotopic (exact) mass is 271 g/mol. The van der Waals surface area contributed by atoms with Crippen LogP contribution in [0.5, 0.6) is 5.75 Å². The van der Waals surface area contributed by atoms with Gasteiger partial charge < -0.3 is 9.64 Å². The smallest absolute Gasteiger partial charge is 0.119 e. The van der Waals surface area contributed by atoms with Crippen LogP contribution in [0.15, 0.2) is 28.7 Å². The van der Waals surface area contributed by atoms with Crippen LogP contribution in [0.3, 0.4) is 0 Å². The first-order valence-corrected chi connectivity index (χ1v) is 5.98. The summed E-state index contributed by atoms with van der Waals surface area (Å²) >= 11 is 3.41. The van der Waals surface area contributed by atoms with Crippen molar-refractivity contribution in [3.8, 4) is 5.75 Å². The van der Waals surface area contributed by atoms with Crippen LogP contribution in [0, 0.1) is 0 Å². The lowest BCUT2D eigenvalue weighted by Crippen LogP contribution is -2.30. The molecule has 0 spiro atoms. The Kier molecular flexibility index (Phi) is 5.12. The van der Waals surface area contributed by atoms with Gasteiger partial charge in [-0.05, 0) is 44.8 Å². The molecular formula is C12H18BrNO. The molecule has 0 aliphatic heterocycles. The van der Waals surface area contributed by atoms with Crippen LogP contribution in [-0.4, -0.2) is 31.6 Å². The van der Waals surface area contributed by atoms with E-state index in [1.165, 1.54) is 0 Å². The van der Waals surface area contributed by atoms with Crippen molar-refractivity contribution in [3.63, 3.8) is 0 Å². The summed E-state index contributed by atoms with van der Waals surface area (Å²) in [6, 6.07) is 7.97. The number of nitrogens with zero attached hydrogens (tertiary/aromatic N) is 1. The van der Waals surface area contributed by atoms with Crippen molar-refractivity contribution in [2.75, 3.05) is 20.6 Å². The van der Waals surface area contributed by atoms with E-state index in [4.69, 9.17) is 4.74 Å². The number of likely N-dealkylation sites (N-methyl/N-ethyl adjacent to an activating group) is 1. The second-order valence-corrected chi connectivity index (χ2v) is 4.78. The van der Waals surface area contributed by atoms with Gasteiger partial charge in [0.15, 0.2) is 0 Å². The minimum atomic E-state index is 0.265. The molecule has 0 fully saturated rings. The minimum absolute atomic E-state index is 0.265. The fourth-order valence-electron chi connectivity index (χ4n) is 1.36. The highest BCUT2D eigenvalue weighted by Crippen LogP contribution is 2.18. The maximum absolute atomic E-state index is 5.87. The highest BCUT2D eigenvalue weighted by atomic mass is 79.9. The Morgan fingerprint density at radius 1 is 1.27 bits per heavy atom. The third kappa shape index (κ3) is 4.67. The number of benzene rings is 1. The normalized spacial score (nSPS) is 12.9. The van der Waals surface area contributed by atoms with Crippen molar-refractivity contribution in [3.05, 3.63) is 28.7 Å². The van der Waals surface area contributed by atoms with Gasteiger partial charge in [-0.2, -0.15) is 0 Å². The molecule has 0 aliphatic rings. The standard InChI is InChI=1S/C12H18BrNO/c1-4-11(9-14(2)3)15-12-7-5-10(13)6-8-12/h5-8,11H,4,9H2,1-3H3. The first kappa shape index (κ1) is 12.5. The molecule has 0 amide bonds. The lowest BCUT2D eigenvalue weighted by atomic mass is 10.2. The average molecular weight is 272 g/mol. The fraction of sp³-hybridized carbons (Fsp3) is 0.500. The number of rotatable bonds is 5. The minimum Gasteiger partial charge on any atom is -0.489 e. The largest absolute Gasteiger partial charge is 0.489 e. The molecule has 2 nitrogen and oxygen atoms in total. The third-order valence-electron chi connectivity index (χ3n) is 2.14. The molecule has 84 valence electrons. The predicted octanol–water partition coefficient (Wildman–Crippen LogP) is 3.17. The molecule has 1 aromatic rings. The van der Waals surface area contributed by atoms with E-state index in [2.05, 4.69) is 41.8 Å². The van der Waals surface area contributed by atoms with Crippen LogP contribution in [0.4, 0.5) is 0 Å². The Morgan fingerprint density at radius 3 is 2.33 bits per heavy atom. The SMILES string of the molecule is CCC(CN(C)C)Oc1ccc(Br)cc1. The summed E-state index contributed by atoms with van der Waals surface area (Å²) in [6.07, 6.45) is 1.29. The van der Waals surface area contributed by atoms with Gasteiger partial charge in [0.1, 0.15) is 11.9 Å². The van der Waals surface area contributed by atoms with Gasteiger partial charge in [-0.25, -0.2) is 0 Å². The van der Waals surface area contributed by atoms with Crippen molar-refractivity contribution in [1.82, 2.24) is 4.90 Å². The molecule has 1 rings (SSSR count). The number of hydrogen-bond acceptors (Lipinski definition) is 2. The average Bonchev–Trinajstić information content (AvgIpc) is 2.19. The van der Waals surface area contributed by atoms with Crippen molar-refractivity contribution in [2.45, 2.75) is 19.4 Å². The summed E-state index contributed by atoms with van der Waals surface area (Å²) < 4.78 is 6.95. The maximum atomic E-state index is 5.87. The quantitative estimate of drug-likeness (QED) is 0.816. The van der Waals surface area contributed by atoms with Crippen LogP contribution < -0.4 is 4.74 Å². The number of halogens is 1. The molecule has 0 N–H and O–H groups in total. The Balaban J connectivity index is 2.54. The zero-order valence-corrected chi connectivity index (χ0v) is 11.1. The van der Waals surface area contributed by atoms with Gasteiger partial charge in [0, 0.05) is 11.0 Å². The van der Waals surface area contributed by atoms with E-state index in [9.17, 15) is 0 Å². The second-order valence-electron chi connectivity index (χ2n) is 3.86. The lowest BCUT2D eigenvalue weighted by Gasteiger charge is -2.21. The molecule has 0 aliphatic carbocycles. The van der Waals surface area contributed by atoms with E-state index in [1.807, 2.05) is 24.3 Å². The summed E-state index contributed by atoms with van der Waals surface area (Å²) in [5.74, 6) is 0.937. The molecule has 1 atom stereocenters. The second kappa shape index (κ2) is 6.13. The molecule has 1 aromatic carbocycles. The van der Waals surface area contributed by atoms with Gasteiger partial charge in [0.25, 0.3) is 0 Å². The van der Waals surface area contributed by atoms with E-state index < -0.39 is 0 Å². The molecule has 0 aromatic heterocycles. The summed E-state index contributed by atoms with van der Waals surface area (Å²) in [5, 5.41) is 0. The first-order chi connectivity index (χ1) is 7.11.